The molecule has 0 aromatic rings. The second kappa shape index (κ2) is 3.95. The third-order valence-electron chi connectivity index (χ3n) is 2.99. The summed E-state index contributed by atoms with van der Waals surface area (Å²) < 4.78 is 0. The molecule has 0 aromatic carbocycles. The summed E-state index contributed by atoms with van der Waals surface area (Å²) in [6, 6.07) is 1.25. The lowest BCUT2D eigenvalue weighted by Crippen LogP contribution is -2.36. The van der Waals surface area contributed by atoms with Gasteiger partial charge in [0.1, 0.15) is 0 Å². The van der Waals surface area contributed by atoms with Gasteiger partial charge in [-0.25, -0.2) is 0 Å². The Kier molecular flexibility index (Phi) is 2.67. The second-order valence-corrected chi connectivity index (χ2v) is 4.01. The molecule has 0 bridgehead atoms. The molecule has 0 saturated heterocycles. The maximum atomic E-state index is 4.71. The van der Waals surface area contributed by atoms with E-state index in [4.69, 9.17) is 4.99 Å². The van der Waals surface area contributed by atoms with E-state index in [2.05, 4.69) is 11.9 Å². The van der Waals surface area contributed by atoms with Crippen molar-refractivity contribution in [2.45, 2.75) is 50.6 Å². The van der Waals surface area contributed by atoms with Crippen LogP contribution in [0.25, 0.3) is 0 Å². The molecule has 2 rings (SSSR count). The van der Waals surface area contributed by atoms with Gasteiger partial charge in [-0.15, -0.1) is 6.58 Å². The van der Waals surface area contributed by atoms with E-state index in [1.807, 2.05) is 6.08 Å². The Morgan fingerprint density at radius 3 is 3.08 bits per heavy atom. The highest BCUT2D eigenvalue weighted by Crippen LogP contribution is 2.25. The summed E-state index contributed by atoms with van der Waals surface area (Å²) in [4.78, 5) is 4.71. The standard InChI is InChI=1S/C11H18N2/c1-2-3-8-11-12-9-6-4-5-7-10(9)13-11/h2,9-10H,1,3-8H2,(H,12,13). The normalized spacial score (nSPS) is 31.8. The quantitative estimate of drug-likeness (QED) is 0.659. The Morgan fingerprint density at radius 1 is 1.46 bits per heavy atom. The Balaban J connectivity index is 1.89. The van der Waals surface area contributed by atoms with E-state index < -0.39 is 0 Å². The van der Waals surface area contributed by atoms with Gasteiger partial charge in [0, 0.05) is 12.5 Å². The first kappa shape index (κ1) is 8.79. The maximum Gasteiger partial charge on any atom is 0.0973 e. The van der Waals surface area contributed by atoms with Gasteiger partial charge < -0.3 is 5.32 Å². The van der Waals surface area contributed by atoms with Crippen LogP contribution >= 0.6 is 0 Å². The molecule has 1 N–H and O–H groups in total. The first-order chi connectivity index (χ1) is 6.40. The summed E-state index contributed by atoms with van der Waals surface area (Å²) in [6.45, 7) is 3.73. The highest BCUT2D eigenvalue weighted by atomic mass is 15.1. The number of rotatable bonds is 3. The zero-order valence-corrected chi connectivity index (χ0v) is 8.13. The molecular weight excluding hydrogens is 160 g/mol. The Bertz CT molecular complexity index is 220. The monoisotopic (exact) mass is 178 g/mol. The van der Waals surface area contributed by atoms with Gasteiger partial charge in [-0.1, -0.05) is 18.9 Å². The molecule has 1 aliphatic heterocycles. The van der Waals surface area contributed by atoms with E-state index in [1.54, 1.807) is 0 Å². The third kappa shape index (κ3) is 1.93. The fourth-order valence-electron chi connectivity index (χ4n) is 2.26. The minimum atomic E-state index is 0.591. The van der Waals surface area contributed by atoms with Gasteiger partial charge in [0.15, 0.2) is 0 Å². The van der Waals surface area contributed by atoms with Crippen molar-refractivity contribution >= 4 is 5.84 Å². The predicted octanol–water partition coefficient (Wildman–Crippen LogP) is 2.27. The Hall–Kier alpha value is -0.790. The molecule has 72 valence electrons. The summed E-state index contributed by atoms with van der Waals surface area (Å²) in [6.07, 6.45) is 9.40. The van der Waals surface area contributed by atoms with Crippen LogP contribution in [0.5, 0.6) is 0 Å². The lowest BCUT2D eigenvalue weighted by atomic mass is 9.92. The van der Waals surface area contributed by atoms with Gasteiger partial charge in [-0.05, 0) is 19.3 Å². The molecular formula is C11H18N2. The van der Waals surface area contributed by atoms with Crippen molar-refractivity contribution in [2.24, 2.45) is 4.99 Å². The highest BCUT2D eigenvalue weighted by Gasteiger charge is 2.29. The molecule has 1 saturated carbocycles. The molecule has 1 heterocycles. The Morgan fingerprint density at radius 2 is 2.31 bits per heavy atom. The molecule has 0 radical (unpaired) electrons. The van der Waals surface area contributed by atoms with E-state index >= 15 is 0 Å². The topological polar surface area (TPSA) is 24.4 Å². The largest absolute Gasteiger partial charge is 0.369 e. The van der Waals surface area contributed by atoms with E-state index in [9.17, 15) is 0 Å². The smallest absolute Gasteiger partial charge is 0.0973 e. The molecule has 1 fully saturated rings. The molecule has 0 amide bonds. The van der Waals surface area contributed by atoms with Gasteiger partial charge in [0.05, 0.1) is 11.9 Å². The highest BCUT2D eigenvalue weighted by molar-refractivity contribution is 5.84. The number of hydrogen-bond donors (Lipinski definition) is 1. The van der Waals surface area contributed by atoms with Crippen molar-refractivity contribution < 1.29 is 0 Å². The summed E-state index contributed by atoms with van der Waals surface area (Å²) in [7, 11) is 0. The van der Waals surface area contributed by atoms with Gasteiger partial charge in [-0.3, -0.25) is 4.99 Å². The van der Waals surface area contributed by atoms with Crippen LogP contribution in [0.1, 0.15) is 38.5 Å². The van der Waals surface area contributed by atoms with Crippen molar-refractivity contribution in [1.29, 1.82) is 0 Å². The van der Waals surface area contributed by atoms with Gasteiger partial charge in [0.25, 0.3) is 0 Å². The average Bonchev–Trinajstić information content (AvgIpc) is 2.57. The fraction of sp³-hybridized carbons (Fsp3) is 0.727. The molecule has 13 heavy (non-hydrogen) atoms. The van der Waals surface area contributed by atoms with Crippen molar-refractivity contribution in [3.8, 4) is 0 Å². The number of allylic oxidation sites excluding steroid dienone is 1. The van der Waals surface area contributed by atoms with Crippen molar-refractivity contribution in [3.05, 3.63) is 12.7 Å². The van der Waals surface area contributed by atoms with Crippen LogP contribution < -0.4 is 5.32 Å². The van der Waals surface area contributed by atoms with Crippen LogP contribution in [0.15, 0.2) is 17.6 Å². The summed E-state index contributed by atoms with van der Waals surface area (Å²) in [5.41, 5.74) is 0. The predicted molar refractivity (Wildman–Crippen MR) is 56.0 cm³/mol. The van der Waals surface area contributed by atoms with Gasteiger partial charge in [-0.2, -0.15) is 0 Å². The van der Waals surface area contributed by atoms with E-state index in [1.165, 1.54) is 31.5 Å². The van der Waals surface area contributed by atoms with E-state index in [0.29, 0.717) is 12.1 Å². The molecule has 0 spiro atoms. The van der Waals surface area contributed by atoms with Crippen LogP contribution in [-0.2, 0) is 0 Å². The van der Waals surface area contributed by atoms with Gasteiger partial charge >= 0.3 is 0 Å². The summed E-state index contributed by atoms with van der Waals surface area (Å²) in [5.74, 6) is 1.22. The number of aliphatic imine (C=N–C) groups is 1. The zero-order valence-electron chi connectivity index (χ0n) is 8.13. The lowest BCUT2D eigenvalue weighted by Gasteiger charge is -2.23. The van der Waals surface area contributed by atoms with E-state index in [0.717, 1.165) is 12.8 Å². The molecule has 2 aliphatic rings. The van der Waals surface area contributed by atoms with Gasteiger partial charge in [0.2, 0.25) is 0 Å². The van der Waals surface area contributed by atoms with Crippen molar-refractivity contribution in [3.63, 3.8) is 0 Å². The average molecular weight is 178 g/mol. The fourth-order valence-corrected chi connectivity index (χ4v) is 2.26. The van der Waals surface area contributed by atoms with Crippen LogP contribution in [0.2, 0.25) is 0 Å². The molecule has 2 unspecified atom stereocenters. The lowest BCUT2D eigenvalue weighted by molar-refractivity contribution is 0.384. The van der Waals surface area contributed by atoms with Crippen molar-refractivity contribution in [1.82, 2.24) is 5.32 Å². The minimum absolute atomic E-state index is 0.591. The number of fused-ring (bicyclic) bond motifs is 1. The zero-order chi connectivity index (χ0) is 9.10. The minimum Gasteiger partial charge on any atom is -0.369 e. The number of amidine groups is 1. The molecule has 0 aromatic heterocycles. The number of hydrogen-bond acceptors (Lipinski definition) is 2. The maximum absolute atomic E-state index is 4.71. The summed E-state index contributed by atoms with van der Waals surface area (Å²) >= 11 is 0. The van der Waals surface area contributed by atoms with E-state index in [-0.39, 0.29) is 0 Å². The Labute approximate surface area is 80.1 Å². The number of nitrogens with zero attached hydrogens (tertiary/aromatic N) is 1. The first-order valence-corrected chi connectivity index (χ1v) is 5.34. The first-order valence-electron chi connectivity index (χ1n) is 5.34. The summed E-state index contributed by atoms with van der Waals surface area (Å²) in [5, 5.41) is 3.53. The number of nitrogens with one attached hydrogen (secondary N) is 1. The van der Waals surface area contributed by atoms with Crippen LogP contribution in [-0.4, -0.2) is 17.9 Å². The molecule has 2 nitrogen and oxygen atoms in total. The molecule has 2 atom stereocenters. The van der Waals surface area contributed by atoms with Crippen molar-refractivity contribution in [2.75, 3.05) is 0 Å². The third-order valence-corrected chi connectivity index (χ3v) is 2.99. The molecule has 2 heteroatoms. The van der Waals surface area contributed by atoms with Crippen LogP contribution in [0.4, 0.5) is 0 Å². The second-order valence-electron chi connectivity index (χ2n) is 4.01. The molecule has 1 aliphatic carbocycles. The van der Waals surface area contributed by atoms with Crippen LogP contribution in [0, 0.1) is 0 Å². The van der Waals surface area contributed by atoms with Crippen LogP contribution in [0.3, 0.4) is 0 Å². The SMILES string of the molecule is C=CCCC1=NC2CCCCC2N1.